The minimum Gasteiger partial charge on any atom is -0.481 e. The number of hydrogen-bond acceptors (Lipinski definition) is 4. The average Bonchev–Trinajstić information content (AvgIpc) is 2.37. The molecular formula is C13H18N2O4. The number of nitrogens with one attached hydrogen (secondary N) is 1. The van der Waals surface area contributed by atoms with Gasteiger partial charge in [-0.2, -0.15) is 0 Å². The molecule has 0 aliphatic rings. The molecule has 0 aliphatic carbocycles. The highest BCUT2D eigenvalue weighted by Crippen LogP contribution is 2.12. The number of benzene rings is 1. The Kier molecular flexibility index (Phi) is 6.56. The van der Waals surface area contributed by atoms with E-state index in [1.165, 1.54) is 0 Å². The normalized spacial score (nSPS) is 10.2. The Labute approximate surface area is 111 Å². The standard InChI is InChI=1S/C13H18N2O4/c14-6-7-19-9-12(16)15-11-3-1-2-10(8-11)4-5-13(17)18/h1-3,8H,4-7,9,14H2,(H,15,16)(H,17,18). The van der Waals surface area contributed by atoms with Crippen molar-refractivity contribution in [2.75, 3.05) is 25.1 Å². The van der Waals surface area contributed by atoms with Crippen LogP contribution in [0.1, 0.15) is 12.0 Å². The van der Waals surface area contributed by atoms with Crippen LogP contribution in [0.15, 0.2) is 24.3 Å². The molecule has 6 heteroatoms. The molecule has 0 radical (unpaired) electrons. The van der Waals surface area contributed by atoms with Gasteiger partial charge in [0, 0.05) is 18.7 Å². The van der Waals surface area contributed by atoms with Crippen LogP contribution >= 0.6 is 0 Å². The van der Waals surface area contributed by atoms with E-state index in [1.54, 1.807) is 18.2 Å². The van der Waals surface area contributed by atoms with Gasteiger partial charge in [-0.1, -0.05) is 12.1 Å². The third-order valence-electron chi connectivity index (χ3n) is 2.33. The van der Waals surface area contributed by atoms with Crippen molar-refractivity contribution < 1.29 is 19.4 Å². The van der Waals surface area contributed by atoms with E-state index in [9.17, 15) is 9.59 Å². The van der Waals surface area contributed by atoms with E-state index in [1.807, 2.05) is 6.07 Å². The molecule has 1 aromatic rings. The molecule has 0 heterocycles. The number of amides is 1. The summed E-state index contributed by atoms with van der Waals surface area (Å²) in [6, 6.07) is 7.09. The van der Waals surface area contributed by atoms with Gasteiger partial charge in [0.05, 0.1) is 6.61 Å². The van der Waals surface area contributed by atoms with E-state index >= 15 is 0 Å². The van der Waals surface area contributed by atoms with Crippen molar-refractivity contribution in [3.63, 3.8) is 0 Å². The molecule has 0 unspecified atom stereocenters. The van der Waals surface area contributed by atoms with Crippen LogP contribution < -0.4 is 11.1 Å². The average molecular weight is 266 g/mol. The van der Waals surface area contributed by atoms with E-state index in [2.05, 4.69) is 5.32 Å². The van der Waals surface area contributed by atoms with Crippen LogP contribution in [0.2, 0.25) is 0 Å². The second-order valence-corrected chi connectivity index (χ2v) is 3.98. The summed E-state index contributed by atoms with van der Waals surface area (Å²) in [5.74, 6) is -1.10. The second-order valence-electron chi connectivity index (χ2n) is 3.98. The summed E-state index contributed by atoms with van der Waals surface area (Å²) in [7, 11) is 0. The lowest BCUT2D eigenvalue weighted by atomic mass is 10.1. The Hall–Kier alpha value is -1.92. The van der Waals surface area contributed by atoms with Gasteiger partial charge in [-0.25, -0.2) is 0 Å². The van der Waals surface area contributed by atoms with Crippen molar-refractivity contribution in [1.29, 1.82) is 0 Å². The molecule has 104 valence electrons. The van der Waals surface area contributed by atoms with Gasteiger partial charge >= 0.3 is 5.97 Å². The Morgan fingerprint density at radius 3 is 2.84 bits per heavy atom. The quantitative estimate of drug-likeness (QED) is 0.599. The highest BCUT2D eigenvalue weighted by atomic mass is 16.5. The summed E-state index contributed by atoms with van der Waals surface area (Å²) in [5, 5.41) is 11.3. The van der Waals surface area contributed by atoms with Gasteiger partial charge < -0.3 is 20.9 Å². The number of rotatable bonds is 8. The molecule has 1 aromatic carbocycles. The summed E-state index contributed by atoms with van der Waals surface area (Å²) >= 11 is 0. The molecule has 0 fully saturated rings. The summed E-state index contributed by atoms with van der Waals surface area (Å²) in [4.78, 5) is 22.0. The van der Waals surface area contributed by atoms with Gasteiger partial charge in [-0.15, -0.1) is 0 Å². The largest absolute Gasteiger partial charge is 0.481 e. The molecule has 0 spiro atoms. The van der Waals surface area contributed by atoms with Gasteiger partial charge in [0.25, 0.3) is 0 Å². The molecule has 0 saturated heterocycles. The molecule has 0 atom stereocenters. The van der Waals surface area contributed by atoms with Crippen molar-refractivity contribution in [2.24, 2.45) is 5.73 Å². The number of nitrogens with two attached hydrogens (primary N) is 1. The predicted octanol–water partition coefficient (Wildman–Crippen LogP) is 0.618. The molecule has 6 nitrogen and oxygen atoms in total. The Balaban J connectivity index is 2.47. The molecule has 4 N–H and O–H groups in total. The lowest BCUT2D eigenvalue weighted by molar-refractivity contribution is -0.137. The van der Waals surface area contributed by atoms with Crippen LogP contribution in [0.4, 0.5) is 5.69 Å². The SMILES string of the molecule is NCCOCC(=O)Nc1cccc(CCC(=O)O)c1. The maximum absolute atomic E-state index is 11.5. The summed E-state index contributed by atoms with van der Waals surface area (Å²) in [5.41, 5.74) is 6.73. The van der Waals surface area contributed by atoms with Gasteiger partial charge in [0.15, 0.2) is 0 Å². The summed E-state index contributed by atoms with van der Waals surface area (Å²) in [6.45, 7) is 0.667. The number of carbonyl (C=O) groups excluding carboxylic acids is 1. The first-order chi connectivity index (χ1) is 9.11. The maximum atomic E-state index is 11.5. The molecule has 0 aliphatic heterocycles. The number of carbonyl (C=O) groups is 2. The van der Waals surface area contributed by atoms with Gasteiger partial charge in [-0.3, -0.25) is 9.59 Å². The smallest absolute Gasteiger partial charge is 0.303 e. The molecule has 0 saturated carbocycles. The number of carboxylic acids is 1. The lowest BCUT2D eigenvalue weighted by Gasteiger charge is -2.07. The third-order valence-corrected chi connectivity index (χ3v) is 2.33. The van der Waals surface area contributed by atoms with E-state index in [0.717, 1.165) is 5.56 Å². The van der Waals surface area contributed by atoms with Gasteiger partial charge in [0.1, 0.15) is 6.61 Å². The van der Waals surface area contributed by atoms with Gasteiger partial charge in [0.2, 0.25) is 5.91 Å². The monoisotopic (exact) mass is 266 g/mol. The topological polar surface area (TPSA) is 102 Å². The van der Waals surface area contributed by atoms with E-state index in [4.69, 9.17) is 15.6 Å². The minimum absolute atomic E-state index is 0.0451. The molecule has 0 bridgehead atoms. The van der Waals surface area contributed by atoms with Crippen LogP contribution in [0, 0.1) is 0 Å². The van der Waals surface area contributed by atoms with E-state index < -0.39 is 5.97 Å². The summed E-state index contributed by atoms with van der Waals surface area (Å²) < 4.78 is 5.01. The zero-order valence-corrected chi connectivity index (χ0v) is 10.6. The highest BCUT2D eigenvalue weighted by molar-refractivity contribution is 5.91. The van der Waals surface area contributed by atoms with Crippen molar-refractivity contribution >= 4 is 17.6 Å². The first kappa shape index (κ1) is 15.1. The zero-order chi connectivity index (χ0) is 14.1. The zero-order valence-electron chi connectivity index (χ0n) is 10.6. The second kappa shape index (κ2) is 8.23. The third kappa shape index (κ3) is 6.54. The molecule has 19 heavy (non-hydrogen) atoms. The number of carboxylic acid groups (broad SMARTS) is 1. The molecule has 0 aromatic heterocycles. The fourth-order valence-electron chi connectivity index (χ4n) is 1.50. The van der Waals surface area contributed by atoms with Crippen LogP contribution in [0.25, 0.3) is 0 Å². The molecule has 1 amide bonds. The van der Waals surface area contributed by atoms with Crippen LogP contribution in [-0.2, 0) is 20.7 Å². The van der Waals surface area contributed by atoms with Crippen molar-refractivity contribution in [3.05, 3.63) is 29.8 Å². The number of aryl methyl sites for hydroxylation is 1. The highest BCUT2D eigenvalue weighted by Gasteiger charge is 2.04. The fourth-order valence-corrected chi connectivity index (χ4v) is 1.50. The van der Waals surface area contributed by atoms with Gasteiger partial charge in [-0.05, 0) is 24.1 Å². The molecule has 1 rings (SSSR count). The number of anilines is 1. The first-order valence-electron chi connectivity index (χ1n) is 6.00. The number of ether oxygens (including phenoxy) is 1. The molecular weight excluding hydrogens is 248 g/mol. The van der Waals surface area contributed by atoms with Crippen LogP contribution in [0.3, 0.4) is 0 Å². The Morgan fingerprint density at radius 1 is 1.37 bits per heavy atom. The van der Waals surface area contributed by atoms with E-state index in [-0.39, 0.29) is 18.9 Å². The predicted molar refractivity (Wildman–Crippen MR) is 70.9 cm³/mol. The van der Waals surface area contributed by atoms with Crippen molar-refractivity contribution in [2.45, 2.75) is 12.8 Å². The first-order valence-corrected chi connectivity index (χ1v) is 6.00. The van der Waals surface area contributed by atoms with Crippen molar-refractivity contribution in [1.82, 2.24) is 0 Å². The lowest BCUT2D eigenvalue weighted by Crippen LogP contribution is -2.20. The number of aliphatic carboxylic acids is 1. The van der Waals surface area contributed by atoms with E-state index in [0.29, 0.717) is 25.3 Å². The Morgan fingerprint density at radius 2 is 2.16 bits per heavy atom. The van der Waals surface area contributed by atoms with Crippen molar-refractivity contribution in [3.8, 4) is 0 Å². The van der Waals surface area contributed by atoms with Crippen LogP contribution in [-0.4, -0.2) is 36.7 Å². The minimum atomic E-state index is -0.843. The summed E-state index contributed by atoms with van der Waals surface area (Å²) in [6.07, 6.45) is 0.500. The van der Waals surface area contributed by atoms with Crippen LogP contribution in [0.5, 0.6) is 0 Å². The Bertz CT molecular complexity index is 434. The number of hydrogen-bond donors (Lipinski definition) is 3. The fraction of sp³-hybridized carbons (Fsp3) is 0.385. The maximum Gasteiger partial charge on any atom is 0.303 e.